The van der Waals surface area contributed by atoms with E-state index in [1.165, 1.54) is 0 Å². The van der Waals surface area contributed by atoms with E-state index in [1.807, 2.05) is 56.0 Å². The summed E-state index contributed by atoms with van der Waals surface area (Å²) < 4.78 is 12.9. The molecule has 12 heterocycles. The van der Waals surface area contributed by atoms with Crippen molar-refractivity contribution in [2.75, 3.05) is 26.2 Å². The molecule has 2 aromatic carbocycles. The predicted octanol–water partition coefficient (Wildman–Crippen LogP) is 28.9. The molecular weight excluding hydrogens is 1590 g/mol. The number of amides is 4. The molecule has 8 aromatic heterocycles. The number of hydrogen-bond acceptors (Lipinski definition) is 13. The molecule has 0 aliphatic carbocycles. The highest BCUT2D eigenvalue weighted by molar-refractivity contribution is 7.30. The van der Waals surface area contributed by atoms with Crippen molar-refractivity contribution in [1.82, 2.24) is 19.6 Å². The van der Waals surface area contributed by atoms with Crippen molar-refractivity contribution >= 4 is 150 Å². The van der Waals surface area contributed by atoms with E-state index >= 15 is 19.2 Å². The van der Waals surface area contributed by atoms with E-state index < -0.39 is 8.32 Å². The lowest BCUT2D eigenvalue weighted by Gasteiger charge is -2.33. The third-order valence-electron chi connectivity index (χ3n) is 25.9. The van der Waals surface area contributed by atoms with Crippen LogP contribution in [0.2, 0.25) is 12.1 Å². The van der Waals surface area contributed by atoms with Crippen LogP contribution in [0.5, 0.6) is 0 Å². The first kappa shape index (κ1) is 87.1. The highest BCUT2D eigenvalue weighted by atomic mass is 32.1. The summed E-state index contributed by atoms with van der Waals surface area (Å²) in [6.07, 6.45) is 24.8. The number of para-hydroxylation sites is 2. The molecule has 118 heavy (non-hydrogen) atoms. The van der Waals surface area contributed by atoms with Crippen LogP contribution in [0.1, 0.15) is 257 Å². The Bertz CT molecular complexity index is 5220. The third-order valence-corrected chi connectivity index (χ3v) is 37.2. The van der Waals surface area contributed by atoms with Crippen LogP contribution in [0.4, 0.5) is 0 Å². The lowest BCUT2D eigenvalue weighted by molar-refractivity contribution is -0.124. The number of thiophene rings is 6. The number of benzene rings is 2. The van der Waals surface area contributed by atoms with Crippen molar-refractivity contribution in [3.05, 3.63) is 169 Å². The van der Waals surface area contributed by atoms with Crippen LogP contribution in [0.3, 0.4) is 0 Å². The fourth-order valence-electron chi connectivity index (χ4n) is 18.6. The van der Waals surface area contributed by atoms with Gasteiger partial charge in [0.05, 0.1) is 74.3 Å². The molecular formula is C100H124N4O7S6Si. The summed E-state index contributed by atoms with van der Waals surface area (Å²) in [6.45, 7) is 29.2. The van der Waals surface area contributed by atoms with Gasteiger partial charge in [-0.05, 0) is 169 Å². The van der Waals surface area contributed by atoms with Gasteiger partial charge in [0.25, 0.3) is 23.6 Å². The molecule has 11 nitrogen and oxygen atoms in total. The van der Waals surface area contributed by atoms with E-state index in [0.717, 1.165) is 286 Å². The van der Waals surface area contributed by atoms with Gasteiger partial charge in [-0.3, -0.25) is 19.2 Å². The monoisotopic (exact) mass is 1710 g/mol. The Morgan fingerprint density at radius 1 is 0.314 bits per heavy atom. The minimum atomic E-state index is -3.34. The minimum absolute atomic E-state index is 0.0922. The molecule has 0 bridgehead atoms. The van der Waals surface area contributed by atoms with E-state index in [2.05, 4.69) is 174 Å². The summed E-state index contributed by atoms with van der Waals surface area (Å²) in [5.41, 5.74) is 6.63. The number of rotatable bonds is 46. The molecule has 0 fully saturated rings. The summed E-state index contributed by atoms with van der Waals surface area (Å²) in [5.74, 6) is 2.89. The smallest absolute Gasteiger partial charge is 0.261 e. The maximum Gasteiger partial charge on any atom is 0.261 e. The van der Waals surface area contributed by atoms with Crippen molar-refractivity contribution in [3.8, 4) is 50.5 Å². The van der Waals surface area contributed by atoms with Gasteiger partial charge >= 0.3 is 0 Å². The van der Waals surface area contributed by atoms with Crippen molar-refractivity contribution in [2.45, 2.75) is 249 Å². The minimum Gasteiger partial charge on any atom is -0.455 e. The maximum atomic E-state index is 16.2. The molecule has 0 spiro atoms. The molecule has 0 radical (unpaired) electrons. The normalized spacial score (nSPS) is 16.8. The molecule has 4 amide bonds. The zero-order valence-corrected chi connectivity index (χ0v) is 77.8. The SMILES string of the molecule is CCCCC(CC)CN1C(=O)C2=C(c3ccc(-c4ccc(-c5sc(-c6ccc(C7=C8C(=O)N(CC(CC)CCCC)C(c9ccc(-c%10cc%11ccccc%11o%10)s9)=C8C(=O)N7CC(CC)CCCC)s6)cc5[Si](O)(CC(CC)CCCC)CC(CC)CCCC)s4)s3)N(CC(CC)CCCC)C(=O)C2=C1c1ccc(-c2cc3ccccc3o2)s1. The van der Waals surface area contributed by atoms with E-state index in [1.54, 1.807) is 68.0 Å². The van der Waals surface area contributed by atoms with E-state index in [-0.39, 0.29) is 47.3 Å². The number of fused-ring (bicyclic) bond motifs is 4. The number of carbonyl (C=O) groups excluding carboxylic acids is 4. The highest BCUT2D eigenvalue weighted by Crippen LogP contribution is 2.55. The van der Waals surface area contributed by atoms with Crippen molar-refractivity contribution < 1.29 is 32.8 Å². The highest BCUT2D eigenvalue weighted by Gasteiger charge is 2.53. The largest absolute Gasteiger partial charge is 0.455 e. The average molecular weight is 1710 g/mol. The quantitative estimate of drug-likeness (QED) is 0.0376. The second kappa shape index (κ2) is 39.7. The van der Waals surface area contributed by atoms with Crippen LogP contribution < -0.4 is 5.19 Å². The van der Waals surface area contributed by atoms with Crippen molar-refractivity contribution in [2.24, 2.45) is 35.5 Å². The molecule has 6 unspecified atom stereocenters. The molecule has 4 aliphatic heterocycles. The first-order valence-corrected chi connectivity index (χ1v) is 52.4. The number of furan rings is 2. The average Bonchev–Trinajstić information content (AvgIpc) is 1.55. The molecule has 14 rings (SSSR count). The van der Waals surface area contributed by atoms with Crippen LogP contribution in [-0.4, -0.2) is 82.5 Å². The molecule has 1 N–H and O–H groups in total. The number of hydrogen-bond donors (Lipinski definition) is 1. The van der Waals surface area contributed by atoms with Crippen molar-refractivity contribution in [3.63, 3.8) is 0 Å². The Hall–Kier alpha value is -7.26. The summed E-state index contributed by atoms with van der Waals surface area (Å²) in [4.78, 5) is 98.9. The molecule has 6 atom stereocenters. The Labute approximate surface area is 727 Å². The van der Waals surface area contributed by atoms with Gasteiger partial charge < -0.3 is 33.2 Å². The number of carbonyl (C=O) groups is 4. The van der Waals surface area contributed by atoms with Crippen LogP contribution in [0.15, 0.2) is 159 Å². The van der Waals surface area contributed by atoms with Crippen LogP contribution >= 0.6 is 68.0 Å². The number of unbranched alkanes of at least 4 members (excludes halogenated alkanes) is 6. The first-order chi connectivity index (χ1) is 57.5. The zero-order chi connectivity index (χ0) is 82.9. The second-order valence-corrected chi connectivity index (χ2v) is 43.9. The summed E-state index contributed by atoms with van der Waals surface area (Å²) in [6, 6.07) is 46.1. The molecule has 4 aliphatic rings. The molecule has 0 saturated heterocycles. The zero-order valence-electron chi connectivity index (χ0n) is 71.9. The van der Waals surface area contributed by atoms with Gasteiger partial charge in [-0.15, -0.1) is 68.0 Å². The molecule has 0 saturated carbocycles. The Morgan fingerprint density at radius 3 is 0.898 bits per heavy atom. The number of nitrogens with zero attached hydrogens (tertiary/aromatic N) is 4. The van der Waals surface area contributed by atoms with Crippen LogP contribution in [0, 0.1) is 35.5 Å². The van der Waals surface area contributed by atoms with E-state index in [4.69, 9.17) is 8.83 Å². The molecule has 10 aromatic rings. The first-order valence-electron chi connectivity index (χ1n) is 45.1. The van der Waals surface area contributed by atoms with Gasteiger partial charge in [-0.1, -0.05) is 248 Å². The van der Waals surface area contributed by atoms with E-state index in [0.29, 0.717) is 60.3 Å². The molecule has 18 heteroatoms. The van der Waals surface area contributed by atoms with Crippen molar-refractivity contribution in [1.29, 1.82) is 0 Å². The Balaban J connectivity index is 0.898. The fraction of sp³-hybridized carbons (Fsp3) is 0.480. The lowest BCUT2D eigenvalue weighted by atomic mass is 9.98. The summed E-state index contributed by atoms with van der Waals surface area (Å²) >= 11 is 10.1. The van der Waals surface area contributed by atoms with Gasteiger partial charge in [0, 0.05) is 66.2 Å². The maximum absolute atomic E-state index is 16.2. The van der Waals surface area contributed by atoms with Crippen LogP contribution in [0.25, 0.3) is 95.3 Å². The fourth-order valence-corrected chi connectivity index (χ4v) is 30.5. The topological polar surface area (TPSA) is 128 Å². The predicted molar refractivity (Wildman–Crippen MR) is 505 cm³/mol. The second-order valence-electron chi connectivity index (χ2n) is 34.0. The Morgan fingerprint density at radius 2 is 0.585 bits per heavy atom. The standard InChI is InChI=1S/C100H124N4O7S6Si/c1-13-25-35-64(19-7)58-101-92(81-50-45-76(112-81)74-55-70-41-31-33-43-72(70)110-74)88-90(99(101)107)94(103(97(88)105)60-66(21-9)37-27-15-3)83-52-47-78(114-83)79-49-54-85(116-79)96-87(118(109,62-68(23-11)39-29-17-5)63-69(24-12)40-30-18-6)57-86(117-96)80-48-53-84(115-80)95-91-89(98(106)104(95)61-67(22-10)38-28-16-4)93(102(100(91)108)59-65(20-8)36-26-14-2)82-51-46-77(113-82)75-56-71-42-32-34-44-73(71)111-75/h31-34,41-57,64-69,109H,13-30,35-40,58-63H2,1-12H3. The van der Waals surface area contributed by atoms with Gasteiger partial charge in [-0.25, -0.2) is 0 Å². The summed E-state index contributed by atoms with van der Waals surface area (Å²) in [5, 5.41) is 3.18. The summed E-state index contributed by atoms with van der Waals surface area (Å²) in [7, 11) is -3.34. The Kier molecular flexibility index (Phi) is 29.3. The third kappa shape index (κ3) is 18.1. The van der Waals surface area contributed by atoms with Gasteiger partial charge in [-0.2, -0.15) is 0 Å². The van der Waals surface area contributed by atoms with Crippen LogP contribution in [-0.2, 0) is 19.2 Å². The van der Waals surface area contributed by atoms with Gasteiger partial charge in [0.2, 0.25) is 8.32 Å². The lowest BCUT2D eigenvalue weighted by Crippen LogP contribution is -2.51. The van der Waals surface area contributed by atoms with Gasteiger partial charge in [0.15, 0.2) is 0 Å². The van der Waals surface area contributed by atoms with Gasteiger partial charge in [0.1, 0.15) is 22.7 Å². The molecule has 626 valence electrons. The van der Waals surface area contributed by atoms with E-state index in [9.17, 15) is 4.80 Å².